The van der Waals surface area contributed by atoms with Crippen LogP contribution in [0.3, 0.4) is 0 Å². The minimum absolute atomic E-state index is 0.0343. The quantitative estimate of drug-likeness (QED) is 0.614. The number of anilines is 1. The molecule has 0 unspecified atom stereocenters. The first-order valence-electron chi connectivity index (χ1n) is 6.31. The number of esters is 1. The van der Waals surface area contributed by atoms with Crippen LogP contribution in [-0.4, -0.2) is 28.8 Å². The maximum absolute atomic E-state index is 13.5. The van der Waals surface area contributed by atoms with E-state index in [1.54, 1.807) is 25.4 Å². The van der Waals surface area contributed by atoms with E-state index in [4.69, 9.17) is 0 Å². The number of nitrogens with zero attached hydrogens (tertiary/aromatic N) is 2. The Hall–Kier alpha value is -1.97. The molecule has 1 atom stereocenters. The molecule has 0 radical (unpaired) electrons. The second-order valence-corrected chi connectivity index (χ2v) is 5.62. The molecule has 0 aliphatic rings. The summed E-state index contributed by atoms with van der Waals surface area (Å²) in [6, 6.07) is 3.37. The van der Waals surface area contributed by atoms with Crippen LogP contribution in [0.25, 0.3) is 0 Å². The zero-order valence-corrected chi connectivity index (χ0v) is 14.0. The second kappa shape index (κ2) is 6.86. The lowest BCUT2D eigenvalue weighted by molar-refractivity contribution is -0.119. The van der Waals surface area contributed by atoms with Gasteiger partial charge in [0.25, 0.3) is 0 Å². The molecule has 1 aromatic carbocycles. The number of carbonyl (C=O) groups is 2. The fraction of sp³-hybridized carbons (Fsp3) is 0.214. The highest BCUT2D eigenvalue weighted by molar-refractivity contribution is 14.1. The first-order chi connectivity index (χ1) is 10.4. The number of benzene rings is 1. The molecule has 6 nitrogen and oxygen atoms in total. The Morgan fingerprint density at radius 3 is 2.77 bits per heavy atom. The van der Waals surface area contributed by atoms with Gasteiger partial charge in [-0.2, -0.15) is 5.10 Å². The van der Waals surface area contributed by atoms with Crippen LogP contribution in [-0.2, 0) is 9.53 Å². The van der Waals surface area contributed by atoms with Crippen LogP contribution >= 0.6 is 22.6 Å². The molecule has 2 aromatic rings. The summed E-state index contributed by atoms with van der Waals surface area (Å²) >= 11 is 1.85. The van der Waals surface area contributed by atoms with Gasteiger partial charge < -0.3 is 10.1 Å². The predicted molar refractivity (Wildman–Crippen MR) is 86.0 cm³/mol. The van der Waals surface area contributed by atoms with Gasteiger partial charge in [0, 0.05) is 16.0 Å². The summed E-state index contributed by atoms with van der Waals surface area (Å²) < 4.78 is 20.0. The fourth-order valence-electron chi connectivity index (χ4n) is 1.83. The zero-order valence-electron chi connectivity index (χ0n) is 11.8. The van der Waals surface area contributed by atoms with Crippen molar-refractivity contribution in [2.24, 2.45) is 0 Å². The first-order valence-corrected chi connectivity index (χ1v) is 7.39. The van der Waals surface area contributed by atoms with E-state index in [9.17, 15) is 14.0 Å². The fourth-order valence-corrected chi connectivity index (χ4v) is 2.55. The van der Waals surface area contributed by atoms with Crippen molar-refractivity contribution < 1.29 is 18.7 Å². The number of amides is 1. The Labute approximate surface area is 139 Å². The Morgan fingerprint density at radius 1 is 1.45 bits per heavy atom. The van der Waals surface area contributed by atoms with Crippen molar-refractivity contribution in [3.63, 3.8) is 0 Å². The van der Waals surface area contributed by atoms with Crippen LogP contribution < -0.4 is 5.32 Å². The lowest BCUT2D eigenvalue weighted by Gasteiger charge is -2.16. The van der Waals surface area contributed by atoms with E-state index in [-0.39, 0.29) is 17.2 Å². The van der Waals surface area contributed by atoms with Gasteiger partial charge in [-0.1, -0.05) is 0 Å². The number of hydrogen-bond donors (Lipinski definition) is 1. The smallest absolute Gasteiger partial charge is 0.340 e. The number of ether oxygens (including phenoxy) is 1. The van der Waals surface area contributed by atoms with Gasteiger partial charge in [-0.05, 0) is 47.7 Å². The van der Waals surface area contributed by atoms with Crippen LogP contribution in [0, 0.1) is 9.39 Å². The van der Waals surface area contributed by atoms with Gasteiger partial charge in [0.15, 0.2) is 0 Å². The minimum atomic E-state index is -0.723. The first kappa shape index (κ1) is 16.4. The summed E-state index contributed by atoms with van der Waals surface area (Å²) in [5.74, 6) is -1.68. The Balaban J connectivity index is 2.32. The third-order valence-electron chi connectivity index (χ3n) is 3.01. The van der Waals surface area contributed by atoms with E-state index < -0.39 is 17.8 Å². The van der Waals surface area contributed by atoms with Gasteiger partial charge in [0.1, 0.15) is 11.9 Å². The Morgan fingerprint density at radius 2 is 2.18 bits per heavy atom. The molecule has 0 aliphatic heterocycles. The van der Waals surface area contributed by atoms with Crippen molar-refractivity contribution in [1.29, 1.82) is 0 Å². The summed E-state index contributed by atoms with van der Waals surface area (Å²) in [4.78, 5) is 24.0. The largest absolute Gasteiger partial charge is 0.465 e. The molecule has 1 heterocycles. The number of rotatable bonds is 4. The summed E-state index contributed by atoms with van der Waals surface area (Å²) in [7, 11) is 1.19. The van der Waals surface area contributed by atoms with E-state index >= 15 is 0 Å². The van der Waals surface area contributed by atoms with E-state index in [0.717, 1.165) is 6.07 Å². The lowest BCUT2D eigenvalue weighted by atomic mass is 10.1. The number of carbonyl (C=O) groups excluding carboxylic acids is 2. The molecule has 1 N–H and O–H groups in total. The van der Waals surface area contributed by atoms with Crippen molar-refractivity contribution in [3.8, 4) is 0 Å². The van der Waals surface area contributed by atoms with Crippen molar-refractivity contribution in [2.75, 3.05) is 12.4 Å². The zero-order chi connectivity index (χ0) is 16.3. The molecule has 1 amide bonds. The average molecular weight is 417 g/mol. The highest BCUT2D eigenvalue weighted by Gasteiger charge is 2.22. The Kier molecular flexibility index (Phi) is 5.11. The monoisotopic (exact) mass is 417 g/mol. The number of halogens is 2. The SMILES string of the molecule is COC(=O)c1cc(F)cc(I)c1NC(=O)[C@@H](C)n1cccn1. The molecule has 0 saturated carbocycles. The molecule has 2 rings (SSSR count). The summed E-state index contributed by atoms with van der Waals surface area (Å²) in [5.41, 5.74) is 0.186. The number of aromatic nitrogens is 2. The highest BCUT2D eigenvalue weighted by atomic mass is 127. The molecule has 1 aromatic heterocycles. The van der Waals surface area contributed by atoms with Crippen LogP contribution in [0.5, 0.6) is 0 Å². The number of methoxy groups -OCH3 is 1. The van der Waals surface area contributed by atoms with Crippen molar-refractivity contribution in [3.05, 3.63) is 45.5 Å². The van der Waals surface area contributed by atoms with Crippen molar-refractivity contribution >= 4 is 40.2 Å². The minimum Gasteiger partial charge on any atom is -0.465 e. The molecule has 116 valence electrons. The third-order valence-corrected chi connectivity index (χ3v) is 3.86. The van der Waals surface area contributed by atoms with E-state index in [0.29, 0.717) is 3.57 Å². The summed E-state index contributed by atoms with van der Waals surface area (Å²) in [6.07, 6.45) is 3.21. The van der Waals surface area contributed by atoms with Gasteiger partial charge in [0.2, 0.25) is 5.91 Å². The second-order valence-electron chi connectivity index (χ2n) is 4.45. The third kappa shape index (κ3) is 3.43. The molecular weight excluding hydrogens is 404 g/mol. The summed E-state index contributed by atoms with van der Waals surface area (Å²) in [6.45, 7) is 1.66. The van der Waals surface area contributed by atoms with E-state index in [1.165, 1.54) is 17.9 Å². The van der Waals surface area contributed by atoms with Gasteiger partial charge in [-0.25, -0.2) is 9.18 Å². The van der Waals surface area contributed by atoms with Crippen LogP contribution in [0.2, 0.25) is 0 Å². The maximum atomic E-state index is 13.5. The molecule has 8 heteroatoms. The average Bonchev–Trinajstić information content (AvgIpc) is 3.02. The van der Waals surface area contributed by atoms with Gasteiger partial charge in [-0.15, -0.1) is 0 Å². The molecule has 0 spiro atoms. The maximum Gasteiger partial charge on any atom is 0.340 e. The standard InChI is InChI=1S/C14H13FIN3O3/c1-8(19-5-3-4-17-19)13(20)18-12-10(14(21)22-2)6-9(15)7-11(12)16/h3-8H,1-2H3,(H,18,20)/t8-/m1/s1. The van der Waals surface area contributed by atoms with Gasteiger partial charge in [-0.3, -0.25) is 9.48 Å². The normalized spacial score (nSPS) is 11.8. The van der Waals surface area contributed by atoms with Crippen LogP contribution in [0.4, 0.5) is 10.1 Å². The van der Waals surface area contributed by atoms with Crippen molar-refractivity contribution in [2.45, 2.75) is 13.0 Å². The number of nitrogens with one attached hydrogen (secondary N) is 1. The predicted octanol–water partition coefficient (Wildman–Crippen LogP) is 2.61. The molecule has 0 aliphatic carbocycles. The molecule has 0 bridgehead atoms. The molecular formula is C14H13FIN3O3. The van der Waals surface area contributed by atoms with E-state index in [1.807, 2.05) is 22.6 Å². The molecule has 22 heavy (non-hydrogen) atoms. The van der Waals surface area contributed by atoms with Crippen molar-refractivity contribution in [1.82, 2.24) is 9.78 Å². The summed E-state index contributed by atoms with van der Waals surface area (Å²) in [5, 5.41) is 6.63. The van der Waals surface area contributed by atoms with Crippen LogP contribution in [0.15, 0.2) is 30.6 Å². The molecule has 0 fully saturated rings. The lowest BCUT2D eigenvalue weighted by Crippen LogP contribution is -2.25. The Bertz CT molecular complexity index is 704. The molecule has 0 saturated heterocycles. The van der Waals surface area contributed by atoms with Gasteiger partial charge >= 0.3 is 5.97 Å². The van der Waals surface area contributed by atoms with E-state index in [2.05, 4.69) is 15.2 Å². The van der Waals surface area contributed by atoms with Crippen LogP contribution in [0.1, 0.15) is 23.3 Å². The topological polar surface area (TPSA) is 73.2 Å². The van der Waals surface area contributed by atoms with Gasteiger partial charge in [0.05, 0.1) is 18.4 Å². The highest BCUT2D eigenvalue weighted by Crippen LogP contribution is 2.26. The number of hydrogen-bond acceptors (Lipinski definition) is 4.